The van der Waals surface area contributed by atoms with Crippen molar-refractivity contribution in [3.63, 3.8) is 0 Å². The van der Waals surface area contributed by atoms with Gasteiger partial charge in [0.05, 0.1) is 12.3 Å². The normalized spacial score (nSPS) is 11.0. The molecule has 29 heavy (non-hydrogen) atoms. The van der Waals surface area contributed by atoms with Gasteiger partial charge in [0.25, 0.3) is 0 Å². The van der Waals surface area contributed by atoms with Crippen LogP contribution in [0.5, 0.6) is 11.5 Å². The number of aryl methyl sites for hydroxylation is 4. The summed E-state index contributed by atoms with van der Waals surface area (Å²) >= 11 is 0. The first-order chi connectivity index (χ1) is 14.0. The molecular weight excluding hydrogens is 364 g/mol. The lowest BCUT2D eigenvalue weighted by atomic mass is 10.0. The molecule has 3 rings (SSSR count). The Morgan fingerprint density at radius 2 is 1.93 bits per heavy atom. The lowest BCUT2D eigenvalue weighted by Crippen LogP contribution is -2.06. The first-order valence-electron chi connectivity index (χ1n) is 10.2. The third-order valence-corrected chi connectivity index (χ3v) is 5.04. The second kappa shape index (κ2) is 9.61. The van der Waals surface area contributed by atoms with Crippen molar-refractivity contribution in [3.05, 3.63) is 64.5 Å². The molecule has 1 aromatic heterocycles. The number of oxazole rings is 1. The molecule has 0 radical (unpaired) electrons. The average molecular weight is 395 g/mol. The number of phenols is 1. The van der Waals surface area contributed by atoms with Crippen molar-refractivity contribution in [2.45, 2.75) is 46.5 Å². The van der Waals surface area contributed by atoms with E-state index in [0.29, 0.717) is 31.2 Å². The lowest BCUT2D eigenvalue weighted by Gasteiger charge is -2.11. The van der Waals surface area contributed by atoms with Crippen LogP contribution in [-0.4, -0.2) is 23.2 Å². The van der Waals surface area contributed by atoms with Crippen LogP contribution in [0.1, 0.15) is 41.3 Å². The predicted octanol–water partition coefficient (Wildman–Crippen LogP) is 4.74. The first kappa shape index (κ1) is 20.9. The number of hydrogen-bond acceptors (Lipinski definition) is 5. The number of rotatable bonds is 9. The van der Waals surface area contributed by atoms with Crippen LogP contribution in [0.15, 0.2) is 41.0 Å². The Kier molecular flexibility index (Phi) is 6.94. The number of hydrogen-bond donors (Lipinski definition) is 2. The Labute approximate surface area is 172 Å². The summed E-state index contributed by atoms with van der Waals surface area (Å²) in [7, 11) is 0. The highest BCUT2D eigenvalue weighted by molar-refractivity contribution is 5.60. The molecular formula is C24H30N2O3. The summed E-state index contributed by atoms with van der Waals surface area (Å²) in [6.07, 6.45) is 4.95. The molecule has 5 heteroatoms. The maximum Gasteiger partial charge on any atom is 0.226 e. The van der Waals surface area contributed by atoms with Crippen LogP contribution < -0.4 is 10.5 Å². The topological polar surface area (TPSA) is 81.5 Å². The molecule has 0 fully saturated rings. The molecule has 3 aromatic rings. The molecule has 5 nitrogen and oxygen atoms in total. The van der Waals surface area contributed by atoms with E-state index in [1.807, 2.05) is 32.0 Å². The maximum atomic E-state index is 10.1. The van der Waals surface area contributed by atoms with Crippen molar-refractivity contribution < 1.29 is 14.3 Å². The second-order valence-corrected chi connectivity index (χ2v) is 7.40. The molecule has 0 saturated heterocycles. The Hall–Kier alpha value is -2.79. The standard InChI is InChI=1S/C24H30N2O3/c1-4-18-14-20(13-17(3)23(18)27)24-26-21(15-29-24)9-11-28-22-8-7-16(2)12-19(22)6-5-10-25/h7-8,12-15,27H,4-6,9-11,25H2,1-3H3. The molecule has 0 bridgehead atoms. The van der Waals surface area contributed by atoms with Crippen molar-refractivity contribution >= 4 is 0 Å². The summed E-state index contributed by atoms with van der Waals surface area (Å²) in [5.74, 6) is 1.83. The van der Waals surface area contributed by atoms with Gasteiger partial charge < -0.3 is 20.0 Å². The van der Waals surface area contributed by atoms with Gasteiger partial charge in [-0.05, 0) is 74.5 Å². The molecule has 1 heterocycles. The van der Waals surface area contributed by atoms with Gasteiger partial charge in [-0.3, -0.25) is 0 Å². The quantitative estimate of drug-likeness (QED) is 0.548. The minimum absolute atomic E-state index is 0.347. The SMILES string of the molecule is CCc1cc(-c2nc(CCOc3ccc(C)cc3CCCN)co2)cc(C)c1O. The number of aromatic nitrogens is 1. The molecule has 0 spiro atoms. The Morgan fingerprint density at radius 3 is 2.69 bits per heavy atom. The van der Waals surface area contributed by atoms with Crippen LogP contribution >= 0.6 is 0 Å². The van der Waals surface area contributed by atoms with Crippen molar-refractivity contribution in [1.82, 2.24) is 4.98 Å². The van der Waals surface area contributed by atoms with Gasteiger partial charge in [0.15, 0.2) is 0 Å². The number of nitrogens with two attached hydrogens (primary N) is 1. The highest BCUT2D eigenvalue weighted by Gasteiger charge is 2.12. The fourth-order valence-electron chi connectivity index (χ4n) is 3.40. The Bertz CT molecular complexity index is 963. The zero-order valence-electron chi connectivity index (χ0n) is 17.5. The van der Waals surface area contributed by atoms with E-state index in [-0.39, 0.29) is 0 Å². The largest absolute Gasteiger partial charge is 0.507 e. The van der Waals surface area contributed by atoms with E-state index in [1.165, 1.54) is 11.1 Å². The van der Waals surface area contributed by atoms with Crippen LogP contribution in [0.4, 0.5) is 0 Å². The van der Waals surface area contributed by atoms with Gasteiger partial charge in [-0.25, -0.2) is 4.98 Å². The number of ether oxygens (including phenoxy) is 1. The third-order valence-electron chi connectivity index (χ3n) is 5.04. The van der Waals surface area contributed by atoms with Crippen LogP contribution in [0.3, 0.4) is 0 Å². The fourth-order valence-corrected chi connectivity index (χ4v) is 3.40. The third kappa shape index (κ3) is 5.18. The van der Waals surface area contributed by atoms with Crippen molar-refractivity contribution in [1.29, 1.82) is 0 Å². The molecule has 3 N–H and O–H groups in total. The molecule has 154 valence electrons. The fraction of sp³-hybridized carbons (Fsp3) is 0.375. The lowest BCUT2D eigenvalue weighted by molar-refractivity contribution is 0.317. The van der Waals surface area contributed by atoms with Gasteiger partial charge in [-0.1, -0.05) is 24.6 Å². The van der Waals surface area contributed by atoms with Crippen molar-refractivity contribution in [3.8, 4) is 23.0 Å². The summed E-state index contributed by atoms with van der Waals surface area (Å²) in [4.78, 5) is 4.60. The molecule has 0 atom stereocenters. The molecule has 0 aliphatic rings. The van der Waals surface area contributed by atoms with Crippen LogP contribution in [-0.2, 0) is 19.3 Å². The zero-order valence-corrected chi connectivity index (χ0v) is 17.5. The van der Waals surface area contributed by atoms with Crippen molar-refractivity contribution in [2.75, 3.05) is 13.2 Å². The van der Waals surface area contributed by atoms with E-state index < -0.39 is 0 Å². The maximum absolute atomic E-state index is 10.1. The van der Waals surface area contributed by atoms with E-state index in [9.17, 15) is 5.11 Å². The molecule has 0 amide bonds. The van der Waals surface area contributed by atoms with E-state index in [4.69, 9.17) is 14.9 Å². The highest BCUT2D eigenvalue weighted by atomic mass is 16.5. The molecule has 0 aliphatic carbocycles. The van der Waals surface area contributed by atoms with Gasteiger partial charge in [0.2, 0.25) is 5.89 Å². The summed E-state index contributed by atoms with van der Waals surface area (Å²) in [6, 6.07) is 10.1. The number of nitrogens with zero attached hydrogens (tertiary/aromatic N) is 1. The van der Waals surface area contributed by atoms with E-state index in [2.05, 4.69) is 24.0 Å². The average Bonchev–Trinajstić information content (AvgIpc) is 3.18. The van der Waals surface area contributed by atoms with Gasteiger partial charge in [0, 0.05) is 12.0 Å². The van der Waals surface area contributed by atoms with E-state index in [1.54, 1.807) is 6.26 Å². The first-order valence-corrected chi connectivity index (χ1v) is 10.2. The summed E-state index contributed by atoms with van der Waals surface area (Å²) in [5, 5.41) is 10.1. The Balaban J connectivity index is 1.66. The smallest absolute Gasteiger partial charge is 0.226 e. The number of benzene rings is 2. The van der Waals surface area contributed by atoms with Crippen LogP contribution in [0.2, 0.25) is 0 Å². The summed E-state index contributed by atoms with van der Waals surface area (Å²) in [6.45, 7) is 7.19. The number of phenolic OH excluding ortho intramolecular Hbond substituents is 1. The van der Waals surface area contributed by atoms with Crippen molar-refractivity contribution in [2.24, 2.45) is 5.73 Å². The molecule has 0 unspecified atom stereocenters. The predicted molar refractivity (Wildman–Crippen MR) is 115 cm³/mol. The monoisotopic (exact) mass is 394 g/mol. The number of aromatic hydroxyl groups is 1. The van der Waals surface area contributed by atoms with Crippen LogP contribution in [0, 0.1) is 13.8 Å². The minimum atomic E-state index is 0.347. The molecule has 2 aromatic carbocycles. The molecule has 0 saturated carbocycles. The molecule has 0 aliphatic heterocycles. The van der Waals surface area contributed by atoms with Gasteiger partial charge >= 0.3 is 0 Å². The summed E-state index contributed by atoms with van der Waals surface area (Å²) in [5.41, 5.74) is 11.5. The van der Waals surface area contributed by atoms with Gasteiger partial charge in [-0.15, -0.1) is 0 Å². The van der Waals surface area contributed by atoms with Gasteiger partial charge in [-0.2, -0.15) is 0 Å². The minimum Gasteiger partial charge on any atom is -0.507 e. The Morgan fingerprint density at radius 1 is 1.10 bits per heavy atom. The highest BCUT2D eigenvalue weighted by Crippen LogP contribution is 2.30. The van der Waals surface area contributed by atoms with E-state index >= 15 is 0 Å². The summed E-state index contributed by atoms with van der Waals surface area (Å²) < 4.78 is 11.7. The van der Waals surface area contributed by atoms with Gasteiger partial charge in [0.1, 0.15) is 17.8 Å². The zero-order chi connectivity index (χ0) is 20.8. The van der Waals surface area contributed by atoms with Crippen LogP contribution in [0.25, 0.3) is 11.5 Å². The second-order valence-electron chi connectivity index (χ2n) is 7.40. The van der Waals surface area contributed by atoms with E-state index in [0.717, 1.165) is 47.4 Å².